The van der Waals surface area contributed by atoms with Gasteiger partial charge in [0.2, 0.25) is 0 Å². The van der Waals surface area contributed by atoms with E-state index in [0.29, 0.717) is 27.8 Å². The van der Waals surface area contributed by atoms with Gasteiger partial charge in [0, 0.05) is 41.1 Å². The highest BCUT2D eigenvalue weighted by molar-refractivity contribution is 6.31. The SMILES string of the molecule is COc1cn(C(Cc2ccc(F)cc2F)C(=O)Cc2ccc(C(=O)O)cc2)c(=O)cc1-c1cc(Cl)ccc1C(C)=O. The number of hydrogen-bond donors (Lipinski definition) is 1. The summed E-state index contributed by atoms with van der Waals surface area (Å²) in [6.07, 6.45) is 0.823. The van der Waals surface area contributed by atoms with E-state index in [4.69, 9.17) is 21.4 Å². The molecule has 1 aromatic heterocycles. The normalized spacial score (nSPS) is 11.6. The second-order valence-corrected chi connectivity index (χ2v) is 9.78. The quantitative estimate of drug-likeness (QED) is 0.233. The van der Waals surface area contributed by atoms with Crippen LogP contribution in [-0.4, -0.2) is 34.3 Å². The molecular formula is C31H24ClF2NO6. The van der Waals surface area contributed by atoms with Crippen LogP contribution in [0.25, 0.3) is 11.1 Å². The summed E-state index contributed by atoms with van der Waals surface area (Å²) < 4.78 is 34.9. The first-order valence-corrected chi connectivity index (χ1v) is 12.8. The van der Waals surface area contributed by atoms with E-state index in [1.807, 2.05) is 0 Å². The van der Waals surface area contributed by atoms with Gasteiger partial charge in [-0.1, -0.05) is 29.8 Å². The Bertz CT molecular complexity index is 1720. The average Bonchev–Trinajstić information content (AvgIpc) is 2.92. The van der Waals surface area contributed by atoms with Gasteiger partial charge in [0.05, 0.1) is 24.9 Å². The number of nitrogens with zero attached hydrogens (tertiary/aromatic N) is 1. The maximum atomic E-state index is 14.7. The van der Waals surface area contributed by atoms with Crippen LogP contribution in [0.15, 0.2) is 77.7 Å². The van der Waals surface area contributed by atoms with Crippen LogP contribution in [-0.2, 0) is 17.6 Å². The highest BCUT2D eigenvalue weighted by atomic mass is 35.5. The van der Waals surface area contributed by atoms with Crippen LogP contribution >= 0.6 is 11.6 Å². The molecule has 0 radical (unpaired) electrons. The molecule has 0 aliphatic heterocycles. The molecule has 0 amide bonds. The lowest BCUT2D eigenvalue weighted by molar-refractivity contribution is -0.121. The molecule has 4 rings (SSSR count). The lowest BCUT2D eigenvalue weighted by atomic mass is 9.95. The van der Waals surface area contributed by atoms with Crippen LogP contribution in [0.5, 0.6) is 5.75 Å². The highest BCUT2D eigenvalue weighted by Gasteiger charge is 2.26. The van der Waals surface area contributed by atoms with Gasteiger partial charge in [0.1, 0.15) is 17.4 Å². The van der Waals surface area contributed by atoms with Crippen molar-refractivity contribution in [2.75, 3.05) is 7.11 Å². The number of benzene rings is 3. The fraction of sp³-hybridized carbons (Fsp3) is 0.161. The number of carboxylic acid groups (broad SMARTS) is 1. The van der Waals surface area contributed by atoms with E-state index in [0.717, 1.165) is 10.6 Å². The number of ketones is 2. The second kappa shape index (κ2) is 12.3. The Morgan fingerprint density at radius 3 is 2.29 bits per heavy atom. The molecule has 1 atom stereocenters. The summed E-state index contributed by atoms with van der Waals surface area (Å²) in [7, 11) is 1.35. The third-order valence-corrected chi connectivity index (χ3v) is 6.87. The van der Waals surface area contributed by atoms with Crippen molar-refractivity contribution >= 4 is 29.1 Å². The zero-order valence-corrected chi connectivity index (χ0v) is 22.7. The van der Waals surface area contributed by atoms with Gasteiger partial charge in [-0.25, -0.2) is 13.6 Å². The number of hydrogen-bond acceptors (Lipinski definition) is 5. The first-order chi connectivity index (χ1) is 19.5. The largest absolute Gasteiger partial charge is 0.495 e. The van der Waals surface area contributed by atoms with Gasteiger partial charge in [-0.15, -0.1) is 0 Å². The van der Waals surface area contributed by atoms with Crippen LogP contribution in [0.3, 0.4) is 0 Å². The minimum Gasteiger partial charge on any atom is -0.495 e. The van der Waals surface area contributed by atoms with Crippen LogP contribution in [0.4, 0.5) is 8.78 Å². The van der Waals surface area contributed by atoms with Crippen molar-refractivity contribution in [3.63, 3.8) is 0 Å². The van der Waals surface area contributed by atoms with Crippen molar-refractivity contribution in [2.24, 2.45) is 0 Å². The molecule has 10 heteroatoms. The number of ether oxygens (including phenoxy) is 1. The predicted molar refractivity (Wildman–Crippen MR) is 149 cm³/mol. The molecule has 210 valence electrons. The summed E-state index contributed by atoms with van der Waals surface area (Å²) in [5, 5.41) is 9.47. The van der Waals surface area contributed by atoms with Crippen molar-refractivity contribution in [1.29, 1.82) is 0 Å². The lowest BCUT2D eigenvalue weighted by Crippen LogP contribution is -2.32. The molecule has 0 bridgehead atoms. The number of halogens is 3. The maximum Gasteiger partial charge on any atom is 0.335 e. The molecule has 1 unspecified atom stereocenters. The molecule has 0 aliphatic rings. The fourth-order valence-corrected chi connectivity index (χ4v) is 4.71. The number of aromatic carboxylic acids is 1. The summed E-state index contributed by atoms with van der Waals surface area (Å²) in [6, 6.07) is 13.2. The van der Waals surface area contributed by atoms with E-state index in [1.165, 1.54) is 68.8 Å². The van der Waals surface area contributed by atoms with Gasteiger partial charge >= 0.3 is 5.97 Å². The van der Waals surface area contributed by atoms with Crippen LogP contribution in [0, 0.1) is 11.6 Å². The molecule has 0 saturated heterocycles. The van der Waals surface area contributed by atoms with Gasteiger partial charge in [0.25, 0.3) is 5.56 Å². The summed E-state index contributed by atoms with van der Waals surface area (Å²) >= 11 is 6.18. The predicted octanol–water partition coefficient (Wildman–Crippen LogP) is 5.95. The number of carboxylic acids is 1. The van der Waals surface area contributed by atoms with Crippen molar-refractivity contribution in [3.8, 4) is 16.9 Å². The minimum atomic E-state index is -1.24. The highest BCUT2D eigenvalue weighted by Crippen LogP contribution is 2.34. The number of methoxy groups -OCH3 is 1. The van der Waals surface area contributed by atoms with Gasteiger partial charge in [-0.2, -0.15) is 0 Å². The molecule has 3 aromatic carbocycles. The smallest absolute Gasteiger partial charge is 0.335 e. The summed E-state index contributed by atoms with van der Waals surface area (Å²) in [5.74, 6) is -3.40. The van der Waals surface area contributed by atoms with E-state index in [1.54, 1.807) is 6.07 Å². The Hall–Kier alpha value is -4.63. The number of rotatable bonds is 10. The molecule has 4 aromatic rings. The number of aromatic nitrogens is 1. The molecule has 1 N–H and O–H groups in total. The van der Waals surface area contributed by atoms with Gasteiger partial charge in [-0.3, -0.25) is 14.4 Å². The zero-order chi connectivity index (χ0) is 29.8. The average molecular weight is 580 g/mol. The second-order valence-electron chi connectivity index (χ2n) is 9.35. The number of pyridine rings is 1. The molecule has 0 fully saturated rings. The minimum absolute atomic E-state index is 0.00891. The Morgan fingerprint density at radius 1 is 0.976 bits per heavy atom. The van der Waals surface area contributed by atoms with Crippen LogP contribution in [0.1, 0.15) is 44.8 Å². The molecule has 0 spiro atoms. The molecule has 41 heavy (non-hydrogen) atoms. The third-order valence-electron chi connectivity index (χ3n) is 6.63. The monoisotopic (exact) mass is 579 g/mol. The summed E-state index contributed by atoms with van der Waals surface area (Å²) in [4.78, 5) is 50.6. The maximum absolute atomic E-state index is 14.7. The standard InChI is InChI=1S/C31H24ClF2NO6/c1-17(36)23-10-8-21(32)13-24(23)25-15-30(38)35(16-29(25)41-2)27(12-20-7-9-22(33)14-26(20)34)28(37)11-18-3-5-19(6-4-18)31(39)40/h3-10,13-16,27H,11-12H2,1-2H3,(H,39,40). The Labute approximate surface area is 238 Å². The third kappa shape index (κ3) is 6.58. The Balaban J connectivity index is 1.82. The molecular weight excluding hydrogens is 556 g/mol. The Kier molecular flexibility index (Phi) is 8.78. The van der Waals surface area contributed by atoms with E-state index >= 15 is 0 Å². The van der Waals surface area contributed by atoms with E-state index in [-0.39, 0.29) is 41.1 Å². The molecule has 1 heterocycles. The first-order valence-electron chi connectivity index (χ1n) is 12.4. The van der Waals surface area contributed by atoms with Gasteiger partial charge < -0.3 is 14.4 Å². The first kappa shape index (κ1) is 29.4. The van der Waals surface area contributed by atoms with Gasteiger partial charge in [-0.05, 0) is 60.0 Å². The van der Waals surface area contributed by atoms with Crippen molar-refractivity contribution < 1.29 is 33.0 Å². The number of carbonyl (C=O) groups is 3. The summed E-state index contributed by atoms with van der Waals surface area (Å²) in [6.45, 7) is 1.37. The zero-order valence-electron chi connectivity index (χ0n) is 22.0. The van der Waals surface area contributed by atoms with Crippen molar-refractivity contribution in [3.05, 3.63) is 122 Å². The molecule has 0 aliphatic carbocycles. The van der Waals surface area contributed by atoms with Crippen molar-refractivity contribution in [2.45, 2.75) is 25.8 Å². The van der Waals surface area contributed by atoms with E-state index in [2.05, 4.69) is 0 Å². The molecule has 7 nitrogen and oxygen atoms in total. The topological polar surface area (TPSA) is 103 Å². The fourth-order valence-electron chi connectivity index (χ4n) is 4.54. The number of carbonyl (C=O) groups excluding carboxylic acids is 2. The van der Waals surface area contributed by atoms with Crippen LogP contribution < -0.4 is 10.3 Å². The lowest BCUT2D eigenvalue weighted by Gasteiger charge is -2.22. The summed E-state index contributed by atoms with van der Waals surface area (Å²) in [5.41, 5.74) is 0.810. The Morgan fingerprint density at radius 2 is 1.68 bits per heavy atom. The molecule has 0 saturated carbocycles. The van der Waals surface area contributed by atoms with Crippen molar-refractivity contribution in [1.82, 2.24) is 4.57 Å². The van der Waals surface area contributed by atoms with E-state index in [9.17, 15) is 28.0 Å². The van der Waals surface area contributed by atoms with Gasteiger partial charge in [0.15, 0.2) is 11.6 Å². The van der Waals surface area contributed by atoms with E-state index < -0.39 is 35.0 Å². The van der Waals surface area contributed by atoms with Crippen LogP contribution in [0.2, 0.25) is 5.02 Å². The number of Topliss-reactive ketones (excluding diaryl/α,β-unsaturated/α-hetero) is 2.